The van der Waals surface area contributed by atoms with Crippen LogP contribution in [-0.2, 0) is 9.53 Å². The number of carbonyl (C=O) groups excluding carboxylic acids is 2. The zero-order valence-electron chi connectivity index (χ0n) is 17.0. The normalized spacial score (nSPS) is 38.4. The van der Waals surface area contributed by atoms with Gasteiger partial charge in [0.25, 0.3) is 0 Å². The summed E-state index contributed by atoms with van der Waals surface area (Å²) in [5.74, 6) is 2.89. The van der Waals surface area contributed by atoms with Gasteiger partial charge in [0.1, 0.15) is 0 Å². The number of nitrogens with zero attached hydrogens (tertiary/aromatic N) is 2. The van der Waals surface area contributed by atoms with Gasteiger partial charge in [0.05, 0.1) is 0 Å². The average Bonchev–Trinajstić information content (AvgIpc) is 2.93. The Kier molecular flexibility index (Phi) is 5.02. The van der Waals surface area contributed by atoms with Gasteiger partial charge >= 0.3 is 6.03 Å². The summed E-state index contributed by atoms with van der Waals surface area (Å²) in [6.07, 6.45) is 10.3. The van der Waals surface area contributed by atoms with Crippen molar-refractivity contribution >= 4 is 11.9 Å². The summed E-state index contributed by atoms with van der Waals surface area (Å²) >= 11 is 0. The second kappa shape index (κ2) is 7.51. The summed E-state index contributed by atoms with van der Waals surface area (Å²) in [4.78, 5) is 29.9. The van der Waals surface area contributed by atoms with Gasteiger partial charge < -0.3 is 19.9 Å². The van der Waals surface area contributed by atoms with Gasteiger partial charge in [-0.05, 0) is 75.5 Å². The molecule has 6 aliphatic rings. The third-order valence-corrected chi connectivity index (χ3v) is 8.08. The summed E-state index contributed by atoms with van der Waals surface area (Å²) in [6, 6.07) is 0.113. The maximum atomic E-state index is 13.1. The van der Waals surface area contributed by atoms with Crippen molar-refractivity contribution in [2.45, 2.75) is 63.3 Å². The minimum absolute atomic E-state index is 0.0652. The van der Waals surface area contributed by atoms with E-state index in [-0.39, 0.29) is 23.4 Å². The second-order valence-corrected chi connectivity index (χ2v) is 10.2. The number of hydrogen-bond acceptors (Lipinski definition) is 3. The largest absolute Gasteiger partial charge is 0.381 e. The molecule has 6 fully saturated rings. The number of urea groups is 1. The first-order valence-corrected chi connectivity index (χ1v) is 11.5. The predicted molar refractivity (Wildman–Crippen MR) is 106 cm³/mol. The van der Waals surface area contributed by atoms with Gasteiger partial charge in [-0.2, -0.15) is 0 Å². The van der Waals surface area contributed by atoms with Crippen LogP contribution in [0.1, 0.15) is 57.8 Å². The van der Waals surface area contributed by atoms with Crippen LogP contribution >= 0.6 is 0 Å². The molecule has 156 valence electrons. The average molecular weight is 390 g/mol. The van der Waals surface area contributed by atoms with Crippen molar-refractivity contribution in [2.75, 3.05) is 39.4 Å². The molecule has 6 heteroatoms. The number of ether oxygens (including phenoxy) is 1. The smallest absolute Gasteiger partial charge is 0.317 e. The molecule has 2 aliphatic heterocycles. The number of nitrogens with one attached hydrogen (secondary N) is 1. The molecule has 6 nitrogen and oxygen atoms in total. The molecular weight excluding hydrogens is 354 g/mol. The van der Waals surface area contributed by atoms with E-state index < -0.39 is 0 Å². The molecule has 0 radical (unpaired) electrons. The Bertz CT molecular complexity index is 581. The molecule has 4 bridgehead atoms. The van der Waals surface area contributed by atoms with Gasteiger partial charge in [0.15, 0.2) is 0 Å². The zero-order chi connectivity index (χ0) is 19.1. The maximum Gasteiger partial charge on any atom is 0.317 e. The lowest BCUT2D eigenvalue weighted by Gasteiger charge is -2.57. The molecule has 0 unspecified atom stereocenters. The number of rotatable bonds is 2. The highest BCUT2D eigenvalue weighted by atomic mass is 16.5. The number of amides is 3. The van der Waals surface area contributed by atoms with E-state index in [9.17, 15) is 9.59 Å². The molecular formula is C22H35N3O3. The van der Waals surface area contributed by atoms with Crippen LogP contribution in [0.15, 0.2) is 0 Å². The second-order valence-electron chi connectivity index (χ2n) is 10.2. The van der Waals surface area contributed by atoms with Gasteiger partial charge in [-0.3, -0.25) is 4.79 Å². The van der Waals surface area contributed by atoms with Crippen molar-refractivity contribution < 1.29 is 14.3 Å². The topological polar surface area (TPSA) is 61.9 Å². The summed E-state index contributed by atoms with van der Waals surface area (Å²) in [5.41, 5.74) is 0.0652. The molecule has 0 aromatic carbocycles. The SMILES string of the molecule is O=C(NC12CC3CC(CC(C3)C1)C2)N1CCCN(C(=O)C2CCOCC2)CC1. The lowest BCUT2D eigenvalue weighted by molar-refractivity contribution is -0.138. The summed E-state index contributed by atoms with van der Waals surface area (Å²) in [7, 11) is 0. The Hall–Kier alpha value is -1.30. The fraction of sp³-hybridized carbons (Fsp3) is 0.909. The van der Waals surface area contributed by atoms with E-state index in [4.69, 9.17) is 4.74 Å². The first-order chi connectivity index (χ1) is 13.6. The highest BCUT2D eigenvalue weighted by molar-refractivity contribution is 5.79. The minimum Gasteiger partial charge on any atom is -0.381 e. The van der Waals surface area contributed by atoms with Gasteiger partial charge in [-0.15, -0.1) is 0 Å². The Morgan fingerprint density at radius 1 is 0.821 bits per heavy atom. The summed E-state index contributed by atoms with van der Waals surface area (Å²) < 4.78 is 5.39. The zero-order valence-corrected chi connectivity index (χ0v) is 17.0. The van der Waals surface area contributed by atoms with Gasteiger partial charge in [0.2, 0.25) is 5.91 Å². The summed E-state index contributed by atoms with van der Waals surface area (Å²) in [6.45, 7) is 4.26. The van der Waals surface area contributed by atoms with Crippen LogP contribution < -0.4 is 5.32 Å². The highest BCUT2D eigenvalue weighted by Crippen LogP contribution is 2.55. The fourth-order valence-corrected chi connectivity index (χ4v) is 7.11. The van der Waals surface area contributed by atoms with E-state index in [0.717, 1.165) is 50.1 Å². The van der Waals surface area contributed by atoms with Crippen molar-refractivity contribution in [3.8, 4) is 0 Å². The molecule has 0 aromatic heterocycles. The third kappa shape index (κ3) is 3.64. The molecule has 2 saturated heterocycles. The molecule has 0 atom stereocenters. The molecule has 1 N–H and O–H groups in total. The molecule has 28 heavy (non-hydrogen) atoms. The van der Waals surface area contributed by atoms with Crippen LogP contribution in [0.4, 0.5) is 4.79 Å². The van der Waals surface area contributed by atoms with E-state index in [1.165, 1.54) is 38.5 Å². The van der Waals surface area contributed by atoms with Crippen molar-refractivity contribution in [1.82, 2.24) is 15.1 Å². The molecule has 6 rings (SSSR count). The third-order valence-electron chi connectivity index (χ3n) is 8.08. The predicted octanol–water partition coefficient (Wildman–Crippen LogP) is 2.63. The van der Waals surface area contributed by atoms with Gasteiger partial charge in [-0.1, -0.05) is 0 Å². The molecule has 4 saturated carbocycles. The van der Waals surface area contributed by atoms with Crippen LogP contribution in [0.25, 0.3) is 0 Å². The van der Waals surface area contributed by atoms with Crippen LogP contribution in [0.5, 0.6) is 0 Å². The van der Waals surface area contributed by atoms with E-state index in [0.29, 0.717) is 26.3 Å². The molecule has 3 amide bonds. The van der Waals surface area contributed by atoms with Crippen molar-refractivity contribution in [1.29, 1.82) is 0 Å². The fourth-order valence-electron chi connectivity index (χ4n) is 7.11. The van der Waals surface area contributed by atoms with Crippen molar-refractivity contribution in [3.05, 3.63) is 0 Å². The molecule has 0 spiro atoms. The van der Waals surface area contributed by atoms with Gasteiger partial charge in [0, 0.05) is 50.8 Å². The summed E-state index contributed by atoms with van der Waals surface area (Å²) in [5, 5.41) is 3.50. The molecule has 2 heterocycles. The minimum atomic E-state index is 0.0652. The highest BCUT2D eigenvalue weighted by Gasteiger charge is 2.51. The van der Waals surface area contributed by atoms with Crippen LogP contribution in [0, 0.1) is 23.7 Å². The standard InChI is InChI=1S/C22H35N3O3/c26-20(19-2-8-28-9-3-19)24-4-1-5-25(7-6-24)21(27)23-22-13-16-10-17(14-22)12-18(11-16)15-22/h16-19H,1-15H2,(H,23,27). The van der Waals surface area contributed by atoms with E-state index in [1.54, 1.807) is 0 Å². The van der Waals surface area contributed by atoms with Crippen molar-refractivity contribution in [2.24, 2.45) is 23.7 Å². The van der Waals surface area contributed by atoms with Crippen LogP contribution in [0.3, 0.4) is 0 Å². The van der Waals surface area contributed by atoms with E-state index in [1.807, 2.05) is 9.80 Å². The van der Waals surface area contributed by atoms with Crippen LogP contribution in [-0.4, -0.2) is 66.7 Å². The molecule has 0 aromatic rings. The van der Waals surface area contributed by atoms with Crippen LogP contribution in [0.2, 0.25) is 0 Å². The quantitative estimate of drug-likeness (QED) is 0.790. The monoisotopic (exact) mass is 389 g/mol. The Labute approximate surface area is 168 Å². The first kappa shape index (κ1) is 18.7. The van der Waals surface area contributed by atoms with E-state index >= 15 is 0 Å². The molecule has 4 aliphatic carbocycles. The Morgan fingerprint density at radius 3 is 2.04 bits per heavy atom. The first-order valence-electron chi connectivity index (χ1n) is 11.5. The Morgan fingerprint density at radius 2 is 1.39 bits per heavy atom. The number of carbonyl (C=O) groups is 2. The lowest BCUT2D eigenvalue weighted by Crippen LogP contribution is -2.62. The van der Waals surface area contributed by atoms with Gasteiger partial charge in [-0.25, -0.2) is 4.79 Å². The number of hydrogen-bond donors (Lipinski definition) is 1. The maximum absolute atomic E-state index is 13.1. The lowest BCUT2D eigenvalue weighted by atomic mass is 9.53. The van der Waals surface area contributed by atoms with Crippen molar-refractivity contribution in [3.63, 3.8) is 0 Å². The van der Waals surface area contributed by atoms with E-state index in [2.05, 4.69) is 5.32 Å². The Balaban J connectivity index is 1.17.